The lowest BCUT2D eigenvalue weighted by Gasteiger charge is -2.36. The van der Waals surface area contributed by atoms with Crippen LogP contribution in [0, 0.1) is 0 Å². The van der Waals surface area contributed by atoms with E-state index in [0.717, 1.165) is 5.56 Å². The van der Waals surface area contributed by atoms with Crippen LogP contribution in [-0.2, 0) is 25.9 Å². The quantitative estimate of drug-likeness (QED) is 0.390. The summed E-state index contributed by atoms with van der Waals surface area (Å²) in [5, 5.41) is 17.5. The molecule has 0 aromatic heterocycles. The Balaban J connectivity index is 1.56. The number of methoxy groups -OCH3 is 1. The summed E-state index contributed by atoms with van der Waals surface area (Å²) in [4.78, 5) is 12.8. The lowest BCUT2D eigenvalue weighted by atomic mass is 10.00. The molecule has 0 aliphatic carbocycles. The molecular weight excluding hydrogens is 510 g/mol. The van der Waals surface area contributed by atoms with Gasteiger partial charge >= 0.3 is 6.09 Å². The molecule has 0 unspecified atom stereocenters. The van der Waals surface area contributed by atoms with E-state index in [1.807, 2.05) is 30.3 Å². The highest BCUT2D eigenvalue weighted by Crippen LogP contribution is 2.25. The molecular formula is C27H37N3O7S. The van der Waals surface area contributed by atoms with Crippen molar-refractivity contribution in [1.29, 1.82) is 0 Å². The monoisotopic (exact) mass is 547 g/mol. The van der Waals surface area contributed by atoms with Crippen molar-refractivity contribution >= 4 is 16.1 Å². The first-order chi connectivity index (χ1) is 18.4. The van der Waals surface area contributed by atoms with Crippen molar-refractivity contribution in [2.45, 2.75) is 54.9 Å². The van der Waals surface area contributed by atoms with Crippen LogP contribution in [0.15, 0.2) is 59.5 Å². The van der Waals surface area contributed by atoms with Gasteiger partial charge in [-0.15, -0.1) is 0 Å². The number of hydrogen-bond donors (Lipinski definition) is 3. The number of ether oxygens (including phenoxy) is 3. The molecule has 2 heterocycles. The fourth-order valence-electron chi connectivity index (χ4n) is 4.83. The molecule has 0 bridgehead atoms. The number of piperidine rings is 1. The molecule has 1 amide bonds. The lowest BCUT2D eigenvalue weighted by molar-refractivity contribution is 0.0611. The van der Waals surface area contributed by atoms with Gasteiger partial charge in [0.05, 0.1) is 37.4 Å². The molecule has 3 N–H and O–H groups in total. The fourth-order valence-corrected chi connectivity index (χ4v) is 6.53. The van der Waals surface area contributed by atoms with Gasteiger partial charge in [0, 0.05) is 19.0 Å². The van der Waals surface area contributed by atoms with E-state index >= 15 is 0 Å². The Bertz CT molecular complexity index is 1120. The van der Waals surface area contributed by atoms with Crippen LogP contribution in [0.3, 0.4) is 0 Å². The zero-order valence-corrected chi connectivity index (χ0v) is 22.4. The van der Waals surface area contributed by atoms with Gasteiger partial charge in [-0.05, 0) is 62.2 Å². The molecule has 3 atom stereocenters. The van der Waals surface area contributed by atoms with Gasteiger partial charge in [0.25, 0.3) is 0 Å². The molecule has 10 nitrogen and oxygen atoms in total. The Morgan fingerprint density at radius 2 is 1.84 bits per heavy atom. The number of alkyl carbamates (subject to hydrolysis) is 1. The van der Waals surface area contributed by atoms with Crippen LogP contribution in [0.5, 0.6) is 5.75 Å². The SMILES string of the molecule is COc1ccc(S(=O)(=O)N(C[C@@H](O)[C@H](Cc2ccccc2)NC(=O)O[C@H]2CCOC2)C2CCNCC2)cc1. The number of nitrogens with one attached hydrogen (secondary N) is 2. The van der Waals surface area contributed by atoms with Gasteiger partial charge in [-0.3, -0.25) is 0 Å². The molecule has 4 rings (SSSR count). The standard InChI is InChI=1S/C27H37N3O7S/c1-35-22-7-9-24(10-8-22)38(33,34)30(21-11-14-28-15-12-21)18-26(31)25(17-20-5-3-2-4-6-20)29-27(32)37-23-13-16-36-19-23/h2-10,21,23,25-26,28,31H,11-19H2,1H3,(H,29,32)/t23-,25-,26+/m0/s1. The van der Waals surface area contributed by atoms with E-state index in [1.54, 1.807) is 12.1 Å². The predicted octanol–water partition coefficient (Wildman–Crippen LogP) is 1.93. The maximum Gasteiger partial charge on any atom is 0.407 e. The largest absolute Gasteiger partial charge is 0.497 e. The van der Waals surface area contributed by atoms with E-state index < -0.39 is 28.3 Å². The number of benzene rings is 2. The number of carbonyl (C=O) groups is 1. The van der Waals surface area contributed by atoms with Crippen LogP contribution >= 0.6 is 0 Å². The molecule has 2 aromatic rings. The highest BCUT2D eigenvalue weighted by Gasteiger charge is 2.36. The highest BCUT2D eigenvalue weighted by atomic mass is 32.2. The first-order valence-electron chi connectivity index (χ1n) is 13.0. The molecule has 0 radical (unpaired) electrons. The number of carbonyl (C=O) groups excluding carboxylic acids is 1. The number of aliphatic hydroxyl groups is 1. The molecule has 2 aliphatic heterocycles. The molecule has 0 saturated carbocycles. The van der Waals surface area contributed by atoms with Crippen molar-refractivity contribution < 1.29 is 32.5 Å². The van der Waals surface area contributed by atoms with Gasteiger partial charge in [-0.1, -0.05) is 30.3 Å². The van der Waals surface area contributed by atoms with Crippen LogP contribution in [0.25, 0.3) is 0 Å². The second-order valence-corrected chi connectivity index (χ2v) is 11.5. The maximum absolute atomic E-state index is 13.8. The van der Waals surface area contributed by atoms with Crippen LogP contribution in [0.4, 0.5) is 4.79 Å². The lowest BCUT2D eigenvalue weighted by Crippen LogP contribution is -2.54. The Morgan fingerprint density at radius 1 is 1.13 bits per heavy atom. The average molecular weight is 548 g/mol. The van der Waals surface area contributed by atoms with E-state index in [-0.39, 0.29) is 23.6 Å². The Labute approximate surface area is 224 Å². The Hall–Kier alpha value is -2.70. The Morgan fingerprint density at radius 3 is 2.47 bits per heavy atom. The van der Waals surface area contributed by atoms with E-state index in [0.29, 0.717) is 57.7 Å². The first-order valence-corrected chi connectivity index (χ1v) is 14.4. The van der Waals surface area contributed by atoms with Crippen LogP contribution < -0.4 is 15.4 Å². The molecule has 2 saturated heterocycles. The smallest absolute Gasteiger partial charge is 0.407 e. The topological polar surface area (TPSA) is 126 Å². The number of amides is 1. The number of aliphatic hydroxyl groups excluding tert-OH is 1. The third kappa shape index (κ3) is 7.45. The third-order valence-electron chi connectivity index (χ3n) is 6.98. The van der Waals surface area contributed by atoms with Gasteiger partial charge in [0.15, 0.2) is 0 Å². The number of nitrogens with zero attached hydrogens (tertiary/aromatic N) is 1. The normalized spacial score (nSPS) is 20.1. The van der Waals surface area contributed by atoms with Crippen molar-refractivity contribution in [2.24, 2.45) is 0 Å². The predicted molar refractivity (Wildman–Crippen MR) is 142 cm³/mol. The fraction of sp³-hybridized carbons (Fsp3) is 0.519. The van der Waals surface area contributed by atoms with Crippen LogP contribution in [0.1, 0.15) is 24.8 Å². The zero-order chi connectivity index (χ0) is 27.0. The minimum Gasteiger partial charge on any atom is -0.497 e. The van der Waals surface area contributed by atoms with Crippen molar-refractivity contribution in [2.75, 3.05) is 40.0 Å². The van der Waals surface area contributed by atoms with Crippen LogP contribution in [-0.4, -0.2) is 88.2 Å². The molecule has 0 spiro atoms. The van der Waals surface area contributed by atoms with Crippen molar-refractivity contribution in [3.05, 3.63) is 60.2 Å². The number of rotatable bonds is 11. The van der Waals surface area contributed by atoms with Crippen LogP contribution in [0.2, 0.25) is 0 Å². The highest BCUT2D eigenvalue weighted by molar-refractivity contribution is 7.89. The van der Waals surface area contributed by atoms with Crippen molar-refractivity contribution in [3.63, 3.8) is 0 Å². The van der Waals surface area contributed by atoms with E-state index in [9.17, 15) is 18.3 Å². The van der Waals surface area contributed by atoms with Gasteiger partial charge in [-0.2, -0.15) is 4.31 Å². The van der Waals surface area contributed by atoms with Crippen molar-refractivity contribution in [1.82, 2.24) is 14.9 Å². The second-order valence-electron chi connectivity index (χ2n) is 9.63. The molecule has 11 heteroatoms. The van der Waals surface area contributed by atoms with E-state index in [2.05, 4.69) is 10.6 Å². The molecule has 208 valence electrons. The average Bonchev–Trinajstić information content (AvgIpc) is 3.45. The summed E-state index contributed by atoms with van der Waals surface area (Å²) in [6.45, 7) is 2.04. The van der Waals surface area contributed by atoms with E-state index in [4.69, 9.17) is 14.2 Å². The van der Waals surface area contributed by atoms with Gasteiger partial charge in [0.2, 0.25) is 10.0 Å². The maximum atomic E-state index is 13.8. The third-order valence-corrected chi connectivity index (χ3v) is 8.91. The molecule has 2 fully saturated rings. The van der Waals surface area contributed by atoms with Gasteiger partial charge < -0.3 is 30.0 Å². The minimum atomic E-state index is -3.94. The zero-order valence-electron chi connectivity index (χ0n) is 21.6. The summed E-state index contributed by atoms with van der Waals surface area (Å²) < 4.78 is 45.0. The number of sulfonamides is 1. The molecule has 2 aromatic carbocycles. The van der Waals surface area contributed by atoms with Gasteiger partial charge in [-0.25, -0.2) is 13.2 Å². The van der Waals surface area contributed by atoms with Crippen molar-refractivity contribution in [3.8, 4) is 5.75 Å². The summed E-state index contributed by atoms with van der Waals surface area (Å²) in [5.41, 5.74) is 0.896. The van der Waals surface area contributed by atoms with Gasteiger partial charge in [0.1, 0.15) is 11.9 Å². The summed E-state index contributed by atoms with van der Waals surface area (Å²) >= 11 is 0. The minimum absolute atomic E-state index is 0.122. The number of hydrogen-bond acceptors (Lipinski definition) is 8. The summed E-state index contributed by atoms with van der Waals surface area (Å²) in [5.74, 6) is 0.552. The van der Waals surface area contributed by atoms with E-state index in [1.165, 1.54) is 23.5 Å². The Kier molecular flexibility index (Phi) is 9.97. The molecule has 38 heavy (non-hydrogen) atoms. The summed E-state index contributed by atoms with van der Waals surface area (Å²) in [7, 11) is -2.43. The first kappa shape index (κ1) is 28.3. The second kappa shape index (κ2) is 13.4. The summed E-state index contributed by atoms with van der Waals surface area (Å²) in [6.07, 6.45) is -0.0432. The summed E-state index contributed by atoms with van der Waals surface area (Å²) in [6, 6.07) is 14.6. The molecule has 2 aliphatic rings.